The Morgan fingerprint density at radius 3 is 2.73 bits per heavy atom. The van der Waals surface area contributed by atoms with E-state index in [1.165, 1.54) is 6.07 Å². The highest BCUT2D eigenvalue weighted by molar-refractivity contribution is 5.79. The van der Waals surface area contributed by atoms with Gasteiger partial charge in [-0.1, -0.05) is 25.1 Å². The summed E-state index contributed by atoms with van der Waals surface area (Å²) in [5.74, 6) is -0.370. The zero-order chi connectivity index (χ0) is 16.1. The van der Waals surface area contributed by atoms with Crippen LogP contribution in [0.2, 0.25) is 0 Å². The molecule has 0 spiro atoms. The molecule has 1 unspecified atom stereocenters. The van der Waals surface area contributed by atoms with Crippen molar-refractivity contribution < 1.29 is 14.0 Å². The Hall–Kier alpha value is -1.91. The van der Waals surface area contributed by atoms with Crippen molar-refractivity contribution in [3.63, 3.8) is 0 Å². The highest BCUT2D eigenvalue weighted by Crippen LogP contribution is 2.18. The van der Waals surface area contributed by atoms with Gasteiger partial charge in [-0.2, -0.15) is 0 Å². The average molecular weight is 306 g/mol. The quantitative estimate of drug-likeness (QED) is 0.837. The van der Waals surface area contributed by atoms with Gasteiger partial charge in [0.15, 0.2) is 0 Å². The fraction of sp³-hybridized carbons (Fsp3) is 0.529. The standard InChI is InChI=1S/C17H23FN2O2/c1-3-9-20(13(2)21)15-8-10-19(12-15)17(22)11-14-6-4-5-7-16(14)18/h4-7,15H,3,8-12H2,1-2H3. The van der Waals surface area contributed by atoms with E-state index in [2.05, 4.69) is 0 Å². The molecule has 1 atom stereocenters. The summed E-state index contributed by atoms with van der Waals surface area (Å²) in [6.07, 6.45) is 1.77. The van der Waals surface area contributed by atoms with Crippen LogP contribution < -0.4 is 0 Å². The maximum atomic E-state index is 13.6. The van der Waals surface area contributed by atoms with Gasteiger partial charge in [0.05, 0.1) is 12.5 Å². The molecule has 120 valence electrons. The predicted molar refractivity (Wildman–Crippen MR) is 82.8 cm³/mol. The third-order valence-electron chi connectivity index (χ3n) is 4.13. The van der Waals surface area contributed by atoms with Gasteiger partial charge in [-0.05, 0) is 24.5 Å². The maximum absolute atomic E-state index is 13.6. The number of likely N-dealkylation sites (tertiary alicyclic amines) is 1. The summed E-state index contributed by atoms with van der Waals surface area (Å²) in [4.78, 5) is 27.6. The van der Waals surface area contributed by atoms with Gasteiger partial charge in [-0.15, -0.1) is 0 Å². The van der Waals surface area contributed by atoms with Crippen LogP contribution in [0.5, 0.6) is 0 Å². The third-order valence-corrected chi connectivity index (χ3v) is 4.13. The van der Waals surface area contributed by atoms with Gasteiger partial charge in [0.25, 0.3) is 0 Å². The second-order valence-electron chi connectivity index (χ2n) is 5.76. The molecule has 1 heterocycles. The van der Waals surface area contributed by atoms with Crippen molar-refractivity contribution in [1.29, 1.82) is 0 Å². The van der Waals surface area contributed by atoms with Crippen LogP contribution in [-0.2, 0) is 16.0 Å². The summed E-state index contributed by atoms with van der Waals surface area (Å²) in [7, 11) is 0. The molecule has 0 saturated carbocycles. The van der Waals surface area contributed by atoms with Crippen LogP contribution in [0.25, 0.3) is 0 Å². The molecule has 2 rings (SSSR count). The topological polar surface area (TPSA) is 40.6 Å². The monoisotopic (exact) mass is 306 g/mol. The van der Waals surface area contributed by atoms with Gasteiger partial charge in [0.1, 0.15) is 5.82 Å². The number of carbonyl (C=O) groups excluding carboxylic acids is 2. The second kappa shape index (κ2) is 7.38. The molecule has 5 heteroatoms. The van der Waals surface area contributed by atoms with E-state index in [1.807, 2.05) is 11.8 Å². The van der Waals surface area contributed by atoms with Crippen LogP contribution in [-0.4, -0.2) is 47.3 Å². The first kappa shape index (κ1) is 16.5. The predicted octanol–water partition coefficient (Wildman–Crippen LogP) is 2.23. The lowest BCUT2D eigenvalue weighted by Gasteiger charge is -2.27. The molecule has 0 aromatic heterocycles. The Morgan fingerprint density at radius 2 is 2.09 bits per heavy atom. The minimum Gasteiger partial charge on any atom is -0.340 e. The van der Waals surface area contributed by atoms with Gasteiger partial charge < -0.3 is 9.80 Å². The number of nitrogens with zero attached hydrogens (tertiary/aromatic N) is 2. The van der Waals surface area contributed by atoms with E-state index in [0.29, 0.717) is 18.7 Å². The van der Waals surface area contributed by atoms with Gasteiger partial charge in [-0.25, -0.2) is 4.39 Å². The molecule has 4 nitrogen and oxygen atoms in total. The fourth-order valence-corrected chi connectivity index (χ4v) is 2.98. The molecular weight excluding hydrogens is 283 g/mol. The molecule has 1 aliphatic heterocycles. The summed E-state index contributed by atoms with van der Waals surface area (Å²) in [6, 6.07) is 6.44. The number of hydrogen-bond donors (Lipinski definition) is 0. The lowest BCUT2D eigenvalue weighted by Crippen LogP contribution is -2.42. The summed E-state index contributed by atoms with van der Waals surface area (Å²) in [5, 5.41) is 0. The lowest BCUT2D eigenvalue weighted by molar-refractivity contribution is -0.133. The van der Waals surface area contributed by atoms with Crippen LogP contribution in [0, 0.1) is 5.82 Å². The van der Waals surface area contributed by atoms with Crippen molar-refractivity contribution in [1.82, 2.24) is 9.80 Å². The SMILES string of the molecule is CCCN(C(C)=O)C1CCN(C(=O)Cc2ccccc2F)C1. The van der Waals surface area contributed by atoms with Crippen LogP contribution in [0.1, 0.15) is 32.3 Å². The molecule has 1 fully saturated rings. The molecule has 1 aromatic carbocycles. The van der Waals surface area contributed by atoms with Crippen molar-refractivity contribution in [2.24, 2.45) is 0 Å². The number of hydrogen-bond acceptors (Lipinski definition) is 2. The van der Waals surface area contributed by atoms with E-state index in [9.17, 15) is 14.0 Å². The average Bonchev–Trinajstić information content (AvgIpc) is 2.96. The zero-order valence-electron chi connectivity index (χ0n) is 13.2. The summed E-state index contributed by atoms with van der Waals surface area (Å²) in [5.41, 5.74) is 0.424. The molecule has 0 radical (unpaired) electrons. The molecule has 1 aliphatic rings. The summed E-state index contributed by atoms with van der Waals surface area (Å²) < 4.78 is 13.6. The number of rotatable bonds is 5. The fourth-order valence-electron chi connectivity index (χ4n) is 2.98. The highest BCUT2D eigenvalue weighted by Gasteiger charge is 2.31. The van der Waals surface area contributed by atoms with E-state index in [0.717, 1.165) is 19.4 Å². The second-order valence-corrected chi connectivity index (χ2v) is 5.76. The number of amides is 2. The number of carbonyl (C=O) groups is 2. The smallest absolute Gasteiger partial charge is 0.227 e. The summed E-state index contributed by atoms with van der Waals surface area (Å²) >= 11 is 0. The van der Waals surface area contributed by atoms with Crippen LogP contribution in [0.3, 0.4) is 0 Å². The molecular formula is C17H23FN2O2. The van der Waals surface area contributed by atoms with E-state index >= 15 is 0 Å². The van der Waals surface area contributed by atoms with E-state index in [4.69, 9.17) is 0 Å². The van der Waals surface area contributed by atoms with Gasteiger partial charge in [-0.3, -0.25) is 9.59 Å². The molecule has 0 N–H and O–H groups in total. The number of halogens is 1. The van der Waals surface area contributed by atoms with E-state index < -0.39 is 0 Å². The lowest BCUT2D eigenvalue weighted by atomic mass is 10.1. The van der Waals surface area contributed by atoms with Gasteiger partial charge >= 0.3 is 0 Å². The Kier molecular flexibility index (Phi) is 5.52. The maximum Gasteiger partial charge on any atom is 0.227 e. The molecule has 0 aliphatic carbocycles. The Balaban J connectivity index is 1.96. The van der Waals surface area contributed by atoms with Crippen molar-refractivity contribution >= 4 is 11.8 Å². The first-order valence-corrected chi connectivity index (χ1v) is 7.81. The first-order chi connectivity index (χ1) is 10.5. The van der Waals surface area contributed by atoms with Crippen molar-refractivity contribution in [2.45, 2.75) is 39.2 Å². The van der Waals surface area contributed by atoms with E-state index in [-0.39, 0.29) is 30.1 Å². The zero-order valence-corrected chi connectivity index (χ0v) is 13.2. The Labute approximate surface area is 130 Å². The van der Waals surface area contributed by atoms with Crippen LogP contribution in [0.15, 0.2) is 24.3 Å². The normalized spacial score (nSPS) is 17.6. The Morgan fingerprint density at radius 1 is 1.36 bits per heavy atom. The third kappa shape index (κ3) is 3.84. The van der Waals surface area contributed by atoms with E-state index in [1.54, 1.807) is 30.0 Å². The molecule has 1 aromatic rings. The van der Waals surface area contributed by atoms with Crippen molar-refractivity contribution in [3.8, 4) is 0 Å². The Bertz CT molecular complexity index is 547. The van der Waals surface area contributed by atoms with Gasteiger partial charge in [0.2, 0.25) is 11.8 Å². The molecule has 22 heavy (non-hydrogen) atoms. The molecule has 1 saturated heterocycles. The first-order valence-electron chi connectivity index (χ1n) is 7.81. The largest absolute Gasteiger partial charge is 0.340 e. The molecule has 2 amide bonds. The van der Waals surface area contributed by atoms with Crippen molar-refractivity contribution in [2.75, 3.05) is 19.6 Å². The summed E-state index contributed by atoms with van der Waals surface area (Å²) in [6.45, 7) is 5.50. The van der Waals surface area contributed by atoms with Crippen LogP contribution in [0.4, 0.5) is 4.39 Å². The minimum atomic E-state index is -0.344. The minimum absolute atomic E-state index is 0.0512. The highest BCUT2D eigenvalue weighted by atomic mass is 19.1. The van der Waals surface area contributed by atoms with Crippen molar-refractivity contribution in [3.05, 3.63) is 35.6 Å². The van der Waals surface area contributed by atoms with Gasteiger partial charge in [0, 0.05) is 26.6 Å². The van der Waals surface area contributed by atoms with Crippen LogP contribution >= 0.6 is 0 Å². The number of benzene rings is 1. The molecule has 0 bridgehead atoms.